The van der Waals surface area contributed by atoms with Gasteiger partial charge in [0.15, 0.2) is 0 Å². The van der Waals surface area contributed by atoms with Crippen molar-refractivity contribution >= 4 is 12.0 Å². The van der Waals surface area contributed by atoms with Crippen LogP contribution in [0.5, 0.6) is 0 Å². The lowest BCUT2D eigenvalue weighted by molar-refractivity contribution is -0.140. The number of ether oxygens (including phenoxy) is 1. The molecule has 1 aliphatic heterocycles. The fourth-order valence-electron chi connectivity index (χ4n) is 1.93. The summed E-state index contributed by atoms with van der Waals surface area (Å²) < 4.78 is 5.51. The van der Waals surface area contributed by atoms with Gasteiger partial charge in [-0.25, -0.2) is 9.59 Å². The number of amides is 2. The van der Waals surface area contributed by atoms with E-state index in [1.54, 1.807) is 18.7 Å². The van der Waals surface area contributed by atoms with Gasteiger partial charge in [0.1, 0.15) is 6.04 Å². The lowest BCUT2D eigenvalue weighted by Gasteiger charge is -2.38. The number of carbonyl (C=O) groups is 2. The van der Waals surface area contributed by atoms with Gasteiger partial charge in [-0.1, -0.05) is 13.8 Å². The number of rotatable bonds is 3. The highest BCUT2D eigenvalue weighted by Crippen LogP contribution is 2.16. The molecule has 1 aliphatic rings. The highest BCUT2D eigenvalue weighted by atomic mass is 16.5. The SMILES string of the molecule is CC(C)[C@@H](NC(=O)N1CCOC(C)(C)C1)C(=O)O. The van der Waals surface area contributed by atoms with Crippen LogP contribution in [0, 0.1) is 5.92 Å². The van der Waals surface area contributed by atoms with E-state index in [0.717, 1.165) is 0 Å². The van der Waals surface area contributed by atoms with Gasteiger partial charge in [0.2, 0.25) is 0 Å². The summed E-state index contributed by atoms with van der Waals surface area (Å²) in [6, 6.07) is -1.20. The van der Waals surface area contributed by atoms with Gasteiger partial charge in [-0.05, 0) is 19.8 Å². The number of hydrogen-bond donors (Lipinski definition) is 2. The van der Waals surface area contributed by atoms with Crippen LogP contribution in [0.15, 0.2) is 0 Å². The second-order valence-corrected chi connectivity index (χ2v) is 5.54. The van der Waals surface area contributed by atoms with Crippen LogP contribution >= 0.6 is 0 Å². The number of urea groups is 1. The largest absolute Gasteiger partial charge is 0.480 e. The molecule has 0 unspecified atom stereocenters. The molecule has 0 spiro atoms. The molecule has 1 atom stereocenters. The lowest BCUT2D eigenvalue weighted by Crippen LogP contribution is -2.56. The van der Waals surface area contributed by atoms with Crippen LogP contribution in [0.4, 0.5) is 4.79 Å². The second kappa shape index (κ2) is 5.56. The third-order valence-corrected chi connectivity index (χ3v) is 2.92. The van der Waals surface area contributed by atoms with Gasteiger partial charge < -0.3 is 20.1 Å². The number of carboxylic acids is 1. The molecule has 1 heterocycles. The topological polar surface area (TPSA) is 78.9 Å². The normalized spacial score (nSPS) is 20.6. The fraction of sp³-hybridized carbons (Fsp3) is 0.833. The highest BCUT2D eigenvalue weighted by Gasteiger charge is 2.32. The Labute approximate surface area is 107 Å². The molecule has 0 aliphatic carbocycles. The summed E-state index contributed by atoms with van der Waals surface area (Å²) in [7, 11) is 0. The molecule has 2 amide bonds. The third-order valence-electron chi connectivity index (χ3n) is 2.92. The first kappa shape index (κ1) is 14.8. The molecule has 0 bridgehead atoms. The van der Waals surface area contributed by atoms with Crippen LogP contribution in [-0.2, 0) is 9.53 Å². The van der Waals surface area contributed by atoms with Gasteiger partial charge in [-0.15, -0.1) is 0 Å². The molecule has 0 radical (unpaired) electrons. The monoisotopic (exact) mass is 258 g/mol. The van der Waals surface area contributed by atoms with Crippen LogP contribution in [-0.4, -0.2) is 53.3 Å². The van der Waals surface area contributed by atoms with Crippen molar-refractivity contribution in [2.75, 3.05) is 19.7 Å². The highest BCUT2D eigenvalue weighted by molar-refractivity contribution is 5.82. The molecule has 2 N–H and O–H groups in total. The quantitative estimate of drug-likeness (QED) is 0.789. The first-order valence-corrected chi connectivity index (χ1v) is 6.15. The van der Waals surface area contributed by atoms with Crippen molar-refractivity contribution in [3.05, 3.63) is 0 Å². The van der Waals surface area contributed by atoms with Gasteiger partial charge >= 0.3 is 12.0 Å². The molecule has 104 valence electrons. The Bertz CT molecular complexity index is 328. The van der Waals surface area contributed by atoms with E-state index in [4.69, 9.17) is 9.84 Å². The van der Waals surface area contributed by atoms with Crippen LogP contribution in [0.2, 0.25) is 0 Å². The molecule has 6 heteroatoms. The minimum Gasteiger partial charge on any atom is -0.480 e. The Balaban J connectivity index is 2.61. The molecule has 0 aromatic rings. The molecule has 1 fully saturated rings. The average molecular weight is 258 g/mol. The summed E-state index contributed by atoms with van der Waals surface area (Å²) in [6.07, 6.45) is 0. The molecule has 1 rings (SSSR count). The Morgan fingerprint density at radius 1 is 1.39 bits per heavy atom. The van der Waals surface area contributed by atoms with Crippen molar-refractivity contribution in [3.8, 4) is 0 Å². The maximum absolute atomic E-state index is 12.0. The predicted molar refractivity (Wildman–Crippen MR) is 66.4 cm³/mol. The van der Waals surface area contributed by atoms with Gasteiger partial charge in [0, 0.05) is 6.54 Å². The second-order valence-electron chi connectivity index (χ2n) is 5.54. The smallest absolute Gasteiger partial charge is 0.326 e. The number of aliphatic carboxylic acids is 1. The third kappa shape index (κ3) is 3.87. The number of nitrogens with one attached hydrogen (secondary N) is 1. The molecule has 0 saturated carbocycles. The minimum atomic E-state index is -1.01. The van der Waals surface area contributed by atoms with Crippen molar-refractivity contribution < 1.29 is 19.4 Å². The van der Waals surface area contributed by atoms with Crippen LogP contribution in [0.25, 0.3) is 0 Å². The Hall–Kier alpha value is -1.30. The van der Waals surface area contributed by atoms with E-state index in [1.165, 1.54) is 0 Å². The van der Waals surface area contributed by atoms with Crippen molar-refractivity contribution in [3.63, 3.8) is 0 Å². The standard InChI is InChI=1S/C12H22N2O4/c1-8(2)9(10(15)16)13-11(17)14-5-6-18-12(3,4)7-14/h8-9H,5-7H2,1-4H3,(H,13,17)(H,15,16)/t9-/m1/s1. The zero-order valence-electron chi connectivity index (χ0n) is 11.4. The first-order chi connectivity index (χ1) is 8.23. The summed E-state index contributed by atoms with van der Waals surface area (Å²) >= 11 is 0. The van der Waals surface area contributed by atoms with E-state index in [0.29, 0.717) is 19.7 Å². The number of hydrogen-bond acceptors (Lipinski definition) is 3. The van der Waals surface area contributed by atoms with Crippen LogP contribution in [0.1, 0.15) is 27.7 Å². The molecule has 0 aromatic heterocycles. The summed E-state index contributed by atoms with van der Waals surface area (Å²) in [4.78, 5) is 24.6. The zero-order valence-corrected chi connectivity index (χ0v) is 11.4. The maximum atomic E-state index is 12.0. The van der Waals surface area contributed by atoms with Gasteiger partial charge in [0.05, 0.1) is 18.8 Å². The van der Waals surface area contributed by atoms with E-state index < -0.39 is 12.0 Å². The zero-order chi connectivity index (χ0) is 13.9. The molecule has 6 nitrogen and oxygen atoms in total. The van der Waals surface area contributed by atoms with E-state index in [-0.39, 0.29) is 17.6 Å². The molecular formula is C12H22N2O4. The fourth-order valence-corrected chi connectivity index (χ4v) is 1.93. The number of nitrogens with zero attached hydrogens (tertiary/aromatic N) is 1. The number of morpholine rings is 1. The maximum Gasteiger partial charge on any atom is 0.326 e. The summed E-state index contributed by atoms with van der Waals surface area (Å²) in [5, 5.41) is 11.6. The summed E-state index contributed by atoms with van der Waals surface area (Å²) in [5.41, 5.74) is -0.383. The van der Waals surface area contributed by atoms with Gasteiger partial charge in [-0.3, -0.25) is 0 Å². The van der Waals surface area contributed by atoms with Crippen molar-refractivity contribution in [1.82, 2.24) is 10.2 Å². The Morgan fingerprint density at radius 3 is 2.44 bits per heavy atom. The molecular weight excluding hydrogens is 236 g/mol. The van der Waals surface area contributed by atoms with Crippen LogP contribution < -0.4 is 5.32 Å². The van der Waals surface area contributed by atoms with Crippen LogP contribution in [0.3, 0.4) is 0 Å². The van der Waals surface area contributed by atoms with E-state index >= 15 is 0 Å². The van der Waals surface area contributed by atoms with Crippen molar-refractivity contribution in [2.45, 2.75) is 39.3 Å². The molecule has 18 heavy (non-hydrogen) atoms. The van der Waals surface area contributed by atoms with E-state index in [2.05, 4.69) is 5.32 Å². The summed E-state index contributed by atoms with van der Waals surface area (Å²) in [5.74, 6) is -1.16. The number of carboxylic acid groups (broad SMARTS) is 1. The lowest BCUT2D eigenvalue weighted by atomic mass is 10.0. The van der Waals surface area contributed by atoms with Crippen molar-refractivity contribution in [2.24, 2.45) is 5.92 Å². The van der Waals surface area contributed by atoms with Gasteiger partial charge in [-0.2, -0.15) is 0 Å². The van der Waals surface area contributed by atoms with E-state index in [1.807, 2.05) is 13.8 Å². The Kier molecular flexibility index (Phi) is 4.56. The first-order valence-electron chi connectivity index (χ1n) is 6.15. The average Bonchev–Trinajstić information content (AvgIpc) is 2.23. The minimum absolute atomic E-state index is 0.152. The Morgan fingerprint density at radius 2 is 2.00 bits per heavy atom. The summed E-state index contributed by atoms with van der Waals surface area (Å²) in [6.45, 7) is 8.76. The number of carbonyl (C=O) groups excluding carboxylic acids is 1. The molecule has 1 saturated heterocycles. The van der Waals surface area contributed by atoms with Gasteiger partial charge in [0.25, 0.3) is 0 Å². The predicted octanol–water partition coefficient (Wildman–Crippen LogP) is 0.916. The van der Waals surface area contributed by atoms with Crippen molar-refractivity contribution in [1.29, 1.82) is 0 Å². The van der Waals surface area contributed by atoms with E-state index in [9.17, 15) is 9.59 Å². The molecule has 0 aromatic carbocycles.